The predicted molar refractivity (Wildman–Crippen MR) is 98.3 cm³/mol. The molecule has 25 heavy (non-hydrogen) atoms. The molecule has 1 aliphatic rings. The molecule has 1 aliphatic heterocycles. The van der Waals surface area contributed by atoms with Crippen molar-refractivity contribution in [3.63, 3.8) is 0 Å². The molecule has 3 rings (SSSR count). The fourth-order valence-corrected chi connectivity index (χ4v) is 3.43. The molecule has 2 heterocycles. The highest BCUT2D eigenvalue weighted by Crippen LogP contribution is 2.29. The molecule has 8 heteroatoms. The maximum atomic E-state index is 12.3. The number of aromatic nitrogens is 1. The molecule has 0 spiro atoms. The normalized spacial score (nSPS) is 18.0. The quantitative estimate of drug-likeness (QED) is 0.771. The molecular weight excluding hydrogens is 416 g/mol. The van der Waals surface area contributed by atoms with Crippen LogP contribution in [-0.2, 0) is 6.54 Å². The minimum absolute atomic E-state index is 0. The average Bonchev–Trinajstić information content (AvgIpc) is 2.58. The van der Waals surface area contributed by atoms with Crippen molar-refractivity contribution in [2.75, 3.05) is 19.6 Å². The molecule has 1 fully saturated rings. The van der Waals surface area contributed by atoms with Gasteiger partial charge in [0.2, 0.25) is 0 Å². The molecule has 1 aromatic carbocycles. The average molecular weight is 435 g/mol. The second-order valence-corrected chi connectivity index (χ2v) is 6.47. The summed E-state index contributed by atoms with van der Waals surface area (Å²) in [5.74, 6) is 0.151. The highest BCUT2D eigenvalue weighted by Gasteiger charge is 2.24. The van der Waals surface area contributed by atoms with Crippen molar-refractivity contribution >= 4 is 28.3 Å². The molecule has 0 radical (unpaired) electrons. The molecular formula is C17H19BrClF2N3O. The molecule has 136 valence electrons. The van der Waals surface area contributed by atoms with Crippen LogP contribution in [0.25, 0.3) is 0 Å². The van der Waals surface area contributed by atoms with E-state index in [-0.39, 0.29) is 24.2 Å². The van der Waals surface area contributed by atoms with Gasteiger partial charge in [-0.1, -0.05) is 12.1 Å². The van der Waals surface area contributed by atoms with Gasteiger partial charge in [0, 0.05) is 44.6 Å². The maximum absolute atomic E-state index is 12.3. The van der Waals surface area contributed by atoms with E-state index in [9.17, 15) is 8.78 Å². The molecule has 1 atom stereocenters. The van der Waals surface area contributed by atoms with Crippen molar-refractivity contribution in [2.24, 2.45) is 0 Å². The number of piperazine rings is 1. The Labute approximate surface area is 160 Å². The number of nitrogens with one attached hydrogen (secondary N) is 1. The summed E-state index contributed by atoms with van der Waals surface area (Å²) in [5.41, 5.74) is 2.21. The zero-order valence-electron chi connectivity index (χ0n) is 13.4. The van der Waals surface area contributed by atoms with Gasteiger partial charge in [-0.15, -0.1) is 12.4 Å². The molecule has 0 amide bonds. The number of ether oxygens (including phenoxy) is 1. The summed E-state index contributed by atoms with van der Waals surface area (Å²) < 4.78 is 29.7. The van der Waals surface area contributed by atoms with E-state index < -0.39 is 6.61 Å². The van der Waals surface area contributed by atoms with Gasteiger partial charge >= 0.3 is 6.61 Å². The Kier molecular flexibility index (Phi) is 7.56. The first-order chi connectivity index (χ1) is 11.6. The highest BCUT2D eigenvalue weighted by molar-refractivity contribution is 9.10. The fraction of sp³-hybridized carbons (Fsp3) is 0.353. The topological polar surface area (TPSA) is 37.4 Å². The van der Waals surface area contributed by atoms with E-state index in [0.29, 0.717) is 4.47 Å². The van der Waals surface area contributed by atoms with Gasteiger partial charge in [0.05, 0.1) is 4.47 Å². The van der Waals surface area contributed by atoms with Crippen LogP contribution in [0.15, 0.2) is 47.2 Å². The molecule has 1 aromatic heterocycles. The van der Waals surface area contributed by atoms with E-state index in [0.717, 1.165) is 31.7 Å². The van der Waals surface area contributed by atoms with Crippen molar-refractivity contribution in [1.29, 1.82) is 0 Å². The molecule has 2 aromatic rings. The summed E-state index contributed by atoms with van der Waals surface area (Å²) in [6, 6.07) is 9.49. The van der Waals surface area contributed by atoms with Crippen molar-refractivity contribution in [3.05, 3.63) is 58.3 Å². The lowest BCUT2D eigenvalue weighted by molar-refractivity contribution is -0.0503. The first-order valence-corrected chi connectivity index (χ1v) is 8.50. The first kappa shape index (κ1) is 20.0. The third kappa shape index (κ3) is 5.34. The maximum Gasteiger partial charge on any atom is 0.387 e. The van der Waals surface area contributed by atoms with Crippen molar-refractivity contribution in [1.82, 2.24) is 15.2 Å². The molecule has 4 nitrogen and oxygen atoms in total. The van der Waals surface area contributed by atoms with Crippen LogP contribution in [0.5, 0.6) is 5.75 Å². The summed E-state index contributed by atoms with van der Waals surface area (Å²) in [6.07, 6.45) is 3.66. The second-order valence-electron chi connectivity index (χ2n) is 5.62. The smallest absolute Gasteiger partial charge is 0.387 e. The largest absolute Gasteiger partial charge is 0.434 e. The third-order valence-electron chi connectivity index (χ3n) is 4.02. The Morgan fingerprint density at radius 2 is 2.20 bits per heavy atom. The van der Waals surface area contributed by atoms with E-state index >= 15 is 0 Å². The monoisotopic (exact) mass is 433 g/mol. The Morgan fingerprint density at radius 3 is 2.88 bits per heavy atom. The summed E-state index contributed by atoms with van der Waals surface area (Å²) in [5, 5.41) is 3.41. The van der Waals surface area contributed by atoms with E-state index in [2.05, 4.69) is 41.9 Å². The highest BCUT2D eigenvalue weighted by atomic mass is 79.9. The number of halogens is 4. The number of nitrogens with zero attached hydrogens (tertiary/aromatic N) is 2. The van der Waals surface area contributed by atoms with Gasteiger partial charge in [0.15, 0.2) is 0 Å². The number of pyridine rings is 1. The number of rotatable bonds is 5. The number of benzene rings is 1. The van der Waals surface area contributed by atoms with Crippen molar-refractivity contribution in [2.45, 2.75) is 19.2 Å². The number of hydrogen-bond acceptors (Lipinski definition) is 4. The molecule has 0 bridgehead atoms. The van der Waals surface area contributed by atoms with Crippen molar-refractivity contribution in [3.8, 4) is 5.75 Å². The Balaban J connectivity index is 0.00000225. The fourth-order valence-electron chi connectivity index (χ4n) is 2.91. The lowest BCUT2D eigenvalue weighted by Crippen LogP contribution is -2.45. The minimum Gasteiger partial charge on any atom is -0.434 e. The summed E-state index contributed by atoms with van der Waals surface area (Å²) >= 11 is 3.30. The molecule has 1 N–H and O–H groups in total. The van der Waals surface area contributed by atoms with Gasteiger partial charge in [0.25, 0.3) is 0 Å². The van der Waals surface area contributed by atoms with E-state index in [1.807, 2.05) is 24.4 Å². The Morgan fingerprint density at radius 1 is 1.36 bits per heavy atom. The van der Waals surface area contributed by atoms with Crippen LogP contribution in [0, 0.1) is 0 Å². The van der Waals surface area contributed by atoms with Crippen LogP contribution in [0.3, 0.4) is 0 Å². The van der Waals surface area contributed by atoms with Crippen LogP contribution >= 0.6 is 28.3 Å². The second kappa shape index (κ2) is 9.43. The van der Waals surface area contributed by atoms with E-state index in [4.69, 9.17) is 0 Å². The zero-order valence-corrected chi connectivity index (χ0v) is 15.8. The van der Waals surface area contributed by atoms with E-state index in [1.165, 1.54) is 5.56 Å². The summed E-state index contributed by atoms with van der Waals surface area (Å²) in [7, 11) is 0. The zero-order chi connectivity index (χ0) is 16.9. The van der Waals surface area contributed by atoms with Crippen LogP contribution in [0.2, 0.25) is 0 Å². The predicted octanol–water partition coefficient (Wildman–Crippen LogP) is 4.01. The Hall–Kier alpha value is -1.28. The van der Waals surface area contributed by atoms with Crippen LogP contribution < -0.4 is 10.1 Å². The lowest BCUT2D eigenvalue weighted by atomic mass is 10.0. The van der Waals surface area contributed by atoms with Crippen molar-refractivity contribution < 1.29 is 13.5 Å². The molecule has 1 unspecified atom stereocenters. The van der Waals surface area contributed by atoms with Crippen LogP contribution in [0.1, 0.15) is 17.2 Å². The SMILES string of the molecule is Cl.FC(F)Oc1ccc(CN2CCNCC2c2cccnc2)cc1Br. The standard InChI is InChI=1S/C17H18BrF2N3O.ClH/c18-14-8-12(3-4-16(14)24-17(19)20)11-23-7-6-22-10-15(23)13-2-1-5-21-9-13;/h1-5,8-9,15,17,22H,6-7,10-11H2;1H. The van der Waals surface area contributed by atoms with Gasteiger partial charge < -0.3 is 10.1 Å². The van der Waals surface area contributed by atoms with E-state index in [1.54, 1.807) is 12.3 Å². The molecule has 0 aliphatic carbocycles. The van der Waals surface area contributed by atoms with Gasteiger partial charge in [-0.25, -0.2) is 0 Å². The summed E-state index contributed by atoms with van der Waals surface area (Å²) in [4.78, 5) is 6.57. The van der Waals surface area contributed by atoms with Crippen LogP contribution in [0.4, 0.5) is 8.78 Å². The van der Waals surface area contributed by atoms with Gasteiger partial charge in [-0.2, -0.15) is 8.78 Å². The number of alkyl halides is 2. The molecule has 1 saturated heterocycles. The van der Waals surface area contributed by atoms with Gasteiger partial charge in [-0.05, 0) is 45.3 Å². The molecule has 0 saturated carbocycles. The number of hydrogen-bond donors (Lipinski definition) is 1. The first-order valence-electron chi connectivity index (χ1n) is 7.71. The van der Waals surface area contributed by atoms with Crippen LogP contribution in [-0.4, -0.2) is 36.1 Å². The Bertz CT molecular complexity index is 678. The lowest BCUT2D eigenvalue weighted by Gasteiger charge is -2.36. The minimum atomic E-state index is -2.82. The van der Waals surface area contributed by atoms with Gasteiger partial charge in [-0.3, -0.25) is 9.88 Å². The van der Waals surface area contributed by atoms with Gasteiger partial charge in [0.1, 0.15) is 5.75 Å². The summed E-state index contributed by atoms with van der Waals surface area (Å²) in [6.45, 7) is 0.598. The third-order valence-corrected chi connectivity index (χ3v) is 4.64.